The number of nitrogens with zero attached hydrogens (tertiary/aromatic N) is 5. The number of ketones is 1. The lowest BCUT2D eigenvalue weighted by Gasteiger charge is -2.01. The van der Waals surface area contributed by atoms with Crippen LogP contribution in [0.1, 0.15) is 41.5 Å². The van der Waals surface area contributed by atoms with Gasteiger partial charge in [0.2, 0.25) is 0 Å². The SMILES string of the molecule is CCCc1nnsc1C(=O)Cc1ncnn1CC. The normalized spacial score (nSPS) is 10.8. The molecule has 18 heavy (non-hydrogen) atoms. The van der Waals surface area contributed by atoms with E-state index in [4.69, 9.17) is 0 Å². The second kappa shape index (κ2) is 5.81. The van der Waals surface area contributed by atoms with Crippen molar-refractivity contribution in [2.45, 2.75) is 39.7 Å². The summed E-state index contributed by atoms with van der Waals surface area (Å²) in [5.41, 5.74) is 0.801. The topological polar surface area (TPSA) is 73.6 Å². The van der Waals surface area contributed by atoms with Gasteiger partial charge in [0, 0.05) is 6.54 Å². The molecule has 2 aromatic heterocycles. The summed E-state index contributed by atoms with van der Waals surface area (Å²) in [6.45, 7) is 4.74. The van der Waals surface area contributed by atoms with Crippen molar-refractivity contribution in [1.29, 1.82) is 0 Å². The van der Waals surface area contributed by atoms with Gasteiger partial charge in [-0.2, -0.15) is 5.10 Å². The number of hydrogen-bond donors (Lipinski definition) is 0. The zero-order valence-corrected chi connectivity index (χ0v) is 11.3. The van der Waals surface area contributed by atoms with Crippen molar-refractivity contribution in [2.24, 2.45) is 0 Å². The van der Waals surface area contributed by atoms with E-state index in [9.17, 15) is 4.79 Å². The predicted molar refractivity (Wildman–Crippen MR) is 67.6 cm³/mol. The zero-order chi connectivity index (χ0) is 13.0. The minimum absolute atomic E-state index is 0.0242. The third kappa shape index (κ3) is 2.61. The number of Topliss-reactive ketones (excluding diaryl/α,β-unsaturated/α-hetero) is 1. The van der Waals surface area contributed by atoms with Crippen LogP contribution in [0.25, 0.3) is 0 Å². The van der Waals surface area contributed by atoms with Gasteiger partial charge in [-0.25, -0.2) is 9.67 Å². The highest BCUT2D eigenvalue weighted by molar-refractivity contribution is 7.08. The third-order valence-electron chi connectivity index (χ3n) is 2.61. The molecule has 2 heterocycles. The maximum atomic E-state index is 12.2. The van der Waals surface area contributed by atoms with E-state index in [0.717, 1.165) is 30.1 Å². The summed E-state index contributed by atoms with van der Waals surface area (Å²) in [5, 5.41) is 8.06. The van der Waals surface area contributed by atoms with E-state index in [1.54, 1.807) is 4.68 Å². The van der Waals surface area contributed by atoms with Gasteiger partial charge in [-0.15, -0.1) is 5.10 Å². The predicted octanol–water partition coefficient (Wildman–Crippen LogP) is 1.53. The first-order valence-electron chi connectivity index (χ1n) is 5.97. The van der Waals surface area contributed by atoms with Gasteiger partial charge in [0.25, 0.3) is 0 Å². The number of carbonyl (C=O) groups is 1. The second-order valence-electron chi connectivity index (χ2n) is 3.89. The Morgan fingerprint density at radius 1 is 1.44 bits per heavy atom. The Kier molecular flexibility index (Phi) is 4.14. The van der Waals surface area contributed by atoms with Crippen LogP contribution in [0, 0.1) is 0 Å². The molecule has 0 fully saturated rings. The summed E-state index contributed by atoms with van der Waals surface area (Å²) in [4.78, 5) is 16.9. The number of carbonyl (C=O) groups excluding carboxylic acids is 1. The molecule has 0 unspecified atom stereocenters. The van der Waals surface area contributed by atoms with Crippen molar-refractivity contribution in [2.75, 3.05) is 0 Å². The summed E-state index contributed by atoms with van der Waals surface area (Å²) < 4.78 is 5.59. The Morgan fingerprint density at radius 2 is 2.28 bits per heavy atom. The first kappa shape index (κ1) is 12.8. The molecule has 2 rings (SSSR count). The maximum absolute atomic E-state index is 12.2. The molecule has 7 heteroatoms. The lowest BCUT2D eigenvalue weighted by molar-refractivity contribution is 0.0992. The van der Waals surface area contributed by atoms with Crippen molar-refractivity contribution in [3.05, 3.63) is 22.7 Å². The molecular weight excluding hydrogens is 250 g/mol. The second-order valence-corrected chi connectivity index (χ2v) is 4.64. The van der Waals surface area contributed by atoms with Crippen LogP contribution in [-0.2, 0) is 19.4 Å². The quantitative estimate of drug-likeness (QED) is 0.740. The van der Waals surface area contributed by atoms with Crippen LogP contribution in [0.3, 0.4) is 0 Å². The molecule has 0 saturated carbocycles. The van der Waals surface area contributed by atoms with E-state index >= 15 is 0 Å². The van der Waals surface area contributed by atoms with E-state index in [-0.39, 0.29) is 12.2 Å². The minimum atomic E-state index is 0.0242. The fraction of sp³-hybridized carbons (Fsp3) is 0.545. The Morgan fingerprint density at radius 3 is 3.00 bits per heavy atom. The summed E-state index contributed by atoms with van der Waals surface area (Å²) in [6, 6.07) is 0. The van der Waals surface area contributed by atoms with Gasteiger partial charge in [0.15, 0.2) is 5.78 Å². The van der Waals surface area contributed by atoms with E-state index < -0.39 is 0 Å². The number of aromatic nitrogens is 5. The first-order chi connectivity index (χ1) is 8.76. The van der Waals surface area contributed by atoms with Gasteiger partial charge in [0.05, 0.1) is 12.1 Å². The Hall–Kier alpha value is -1.63. The molecule has 0 saturated heterocycles. The highest BCUT2D eigenvalue weighted by atomic mass is 32.1. The molecule has 0 bridgehead atoms. The molecule has 2 aromatic rings. The average molecular weight is 265 g/mol. The first-order valence-corrected chi connectivity index (χ1v) is 6.74. The van der Waals surface area contributed by atoms with Gasteiger partial charge >= 0.3 is 0 Å². The summed E-state index contributed by atoms with van der Waals surface area (Å²) in [5.74, 6) is 0.717. The van der Waals surface area contributed by atoms with E-state index in [0.29, 0.717) is 17.2 Å². The van der Waals surface area contributed by atoms with Crippen molar-refractivity contribution in [3.63, 3.8) is 0 Å². The van der Waals surface area contributed by atoms with Crippen molar-refractivity contribution < 1.29 is 4.79 Å². The molecule has 0 N–H and O–H groups in total. The molecular formula is C11H15N5OS. The van der Waals surface area contributed by atoms with E-state index in [1.807, 2.05) is 6.92 Å². The lowest BCUT2D eigenvalue weighted by atomic mass is 10.1. The largest absolute Gasteiger partial charge is 0.293 e. The average Bonchev–Trinajstić information content (AvgIpc) is 2.98. The van der Waals surface area contributed by atoms with Crippen molar-refractivity contribution >= 4 is 17.3 Å². The van der Waals surface area contributed by atoms with E-state index in [1.165, 1.54) is 6.33 Å². The maximum Gasteiger partial charge on any atom is 0.183 e. The smallest absolute Gasteiger partial charge is 0.183 e. The van der Waals surface area contributed by atoms with Crippen molar-refractivity contribution in [3.8, 4) is 0 Å². The van der Waals surface area contributed by atoms with Crippen LogP contribution in [0.2, 0.25) is 0 Å². The monoisotopic (exact) mass is 265 g/mol. The molecule has 0 aliphatic carbocycles. The summed E-state index contributed by atoms with van der Waals surface area (Å²) in [7, 11) is 0. The van der Waals surface area contributed by atoms with Crippen molar-refractivity contribution in [1.82, 2.24) is 24.4 Å². The van der Waals surface area contributed by atoms with Crippen LogP contribution in [0.15, 0.2) is 6.33 Å². The summed E-state index contributed by atoms with van der Waals surface area (Å²) >= 11 is 1.16. The number of hydrogen-bond acceptors (Lipinski definition) is 6. The molecule has 0 atom stereocenters. The Balaban J connectivity index is 2.14. The Labute approximate surface area is 109 Å². The van der Waals surface area contributed by atoms with Crippen LogP contribution >= 0.6 is 11.5 Å². The van der Waals surface area contributed by atoms with Gasteiger partial charge in [-0.1, -0.05) is 17.8 Å². The molecule has 0 spiro atoms. The molecule has 0 aliphatic rings. The standard InChI is InChI=1S/C11H15N5OS/c1-3-5-8-11(18-15-14-8)9(17)6-10-12-7-13-16(10)4-2/h7H,3-6H2,1-2H3. The van der Waals surface area contributed by atoms with Crippen LogP contribution < -0.4 is 0 Å². The molecule has 0 amide bonds. The highest BCUT2D eigenvalue weighted by Gasteiger charge is 2.18. The minimum Gasteiger partial charge on any atom is -0.293 e. The molecule has 6 nitrogen and oxygen atoms in total. The molecule has 0 aromatic carbocycles. The third-order valence-corrected chi connectivity index (χ3v) is 3.42. The fourth-order valence-corrected chi connectivity index (χ4v) is 2.38. The molecule has 0 radical (unpaired) electrons. The fourth-order valence-electron chi connectivity index (χ4n) is 1.73. The van der Waals surface area contributed by atoms with Crippen LogP contribution in [0.4, 0.5) is 0 Å². The van der Waals surface area contributed by atoms with E-state index in [2.05, 4.69) is 26.6 Å². The summed E-state index contributed by atoms with van der Waals surface area (Å²) in [6.07, 6.45) is 3.48. The number of aryl methyl sites for hydroxylation is 2. The highest BCUT2D eigenvalue weighted by Crippen LogP contribution is 2.15. The molecule has 0 aliphatic heterocycles. The van der Waals surface area contributed by atoms with Crippen LogP contribution in [-0.4, -0.2) is 30.1 Å². The lowest BCUT2D eigenvalue weighted by Crippen LogP contribution is -2.11. The van der Waals surface area contributed by atoms with Gasteiger partial charge < -0.3 is 0 Å². The van der Waals surface area contributed by atoms with Crippen LogP contribution in [0.5, 0.6) is 0 Å². The van der Waals surface area contributed by atoms with Gasteiger partial charge in [0.1, 0.15) is 17.0 Å². The molecule has 96 valence electrons. The Bertz CT molecular complexity index is 533. The zero-order valence-electron chi connectivity index (χ0n) is 10.5. The van der Waals surface area contributed by atoms with Gasteiger partial charge in [-0.3, -0.25) is 4.79 Å². The number of rotatable bonds is 6. The van der Waals surface area contributed by atoms with Gasteiger partial charge in [-0.05, 0) is 24.9 Å².